The fraction of sp³-hybridized carbons (Fsp3) is 0.235. The van der Waals surface area contributed by atoms with Crippen LogP contribution in [0.2, 0.25) is 0 Å². The van der Waals surface area contributed by atoms with E-state index >= 15 is 0 Å². The molecule has 3 aromatic rings. The lowest BCUT2D eigenvalue weighted by Gasteiger charge is -2.04. The summed E-state index contributed by atoms with van der Waals surface area (Å²) in [7, 11) is -1.63. The predicted molar refractivity (Wildman–Crippen MR) is 97.6 cm³/mol. The normalized spacial score (nSPS) is 11.8. The molecule has 126 valence electrons. The molecule has 0 fully saturated rings. The lowest BCUT2D eigenvalue weighted by atomic mass is 10.2. The summed E-state index contributed by atoms with van der Waals surface area (Å²) in [5, 5.41) is 2.79. The van der Waals surface area contributed by atoms with Gasteiger partial charge >= 0.3 is 0 Å². The van der Waals surface area contributed by atoms with Crippen LogP contribution >= 0.6 is 11.3 Å². The van der Waals surface area contributed by atoms with E-state index in [9.17, 15) is 8.42 Å². The second-order valence-corrected chi connectivity index (χ2v) is 8.04. The molecule has 2 heterocycles. The average Bonchev–Trinajstić information content (AvgIpc) is 3.15. The molecule has 0 spiro atoms. The van der Waals surface area contributed by atoms with Crippen LogP contribution in [0.4, 0.5) is 0 Å². The van der Waals surface area contributed by atoms with Gasteiger partial charge in [-0.3, -0.25) is 0 Å². The van der Waals surface area contributed by atoms with Gasteiger partial charge in [-0.2, -0.15) is 0 Å². The third-order valence-electron chi connectivity index (χ3n) is 3.91. The molecule has 0 radical (unpaired) electrons. The van der Waals surface area contributed by atoms with Crippen LogP contribution in [0.25, 0.3) is 22.0 Å². The van der Waals surface area contributed by atoms with Crippen molar-refractivity contribution in [2.45, 2.75) is 18.7 Å². The van der Waals surface area contributed by atoms with Gasteiger partial charge in [0.05, 0.1) is 11.4 Å². The van der Waals surface area contributed by atoms with Crippen LogP contribution in [0.1, 0.15) is 12.6 Å². The van der Waals surface area contributed by atoms with Gasteiger partial charge < -0.3 is 4.57 Å². The van der Waals surface area contributed by atoms with Crippen LogP contribution in [0, 0.1) is 6.92 Å². The molecule has 5 nitrogen and oxygen atoms in total. The largest absolute Gasteiger partial charge is 0.345 e. The molecule has 3 rings (SSSR count). The molecule has 7 heteroatoms. The molecule has 0 amide bonds. The van der Waals surface area contributed by atoms with E-state index in [0.717, 1.165) is 22.0 Å². The lowest BCUT2D eigenvalue weighted by molar-refractivity contribution is 0.583. The number of rotatable bonds is 5. The number of hydrogen-bond donors (Lipinski definition) is 1. The van der Waals surface area contributed by atoms with Crippen molar-refractivity contribution in [2.24, 2.45) is 7.05 Å². The van der Waals surface area contributed by atoms with Crippen molar-refractivity contribution in [2.75, 3.05) is 6.54 Å². The Morgan fingerprint density at radius 2 is 1.96 bits per heavy atom. The molecular weight excluding hydrogens is 342 g/mol. The SMILES string of the molecule is CCNS(=O)(=O)c1cc(-c2nc(-c3ccccc3)cs2)n(C)c1C. The van der Waals surface area contributed by atoms with Crippen molar-refractivity contribution in [3.63, 3.8) is 0 Å². The highest BCUT2D eigenvalue weighted by atomic mass is 32.2. The summed E-state index contributed by atoms with van der Waals surface area (Å²) in [5.74, 6) is 0. The van der Waals surface area contributed by atoms with Crippen LogP contribution in [0.5, 0.6) is 0 Å². The highest BCUT2D eigenvalue weighted by Crippen LogP contribution is 2.32. The number of nitrogens with one attached hydrogen (secondary N) is 1. The Morgan fingerprint density at radius 3 is 2.62 bits per heavy atom. The summed E-state index contributed by atoms with van der Waals surface area (Å²) < 4.78 is 29.1. The second-order valence-electron chi connectivity index (χ2n) is 5.44. The molecule has 0 atom stereocenters. The molecule has 0 bridgehead atoms. The van der Waals surface area contributed by atoms with Crippen LogP contribution < -0.4 is 4.72 Å². The third-order valence-corrected chi connectivity index (χ3v) is 6.43. The van der Waals surface area contributed by atoms with E-state index in [1.165, 1.54) is 11.3 Å². The summed E-state index contributed by atoms with van der Waals surface area (Å²) in [6.07, 6.45) is 0. The van der Waals surface area contributed by atoms with Crippen molar-refractivity contribution in [1.82, 2.24) is 14.3 Å². The van der Waals surface area contributed by atoms with Gasteiger partial charge in [0, 0.05) is 30.2 Å². The van der Waals surface area contributed by atoms with Gasteiger partial charge in [-0.25, -0.2) is 18.1 Å². The zero-order valence-electron chi connectivity index (χ0n) is 13.8. The Hall–Kier alpha value is -1.96. The number of nitrogens with zero attached hydrogens (tertiary/aromatic N) is 2. The first-order chi connectivity index (χ1) is 11.4. The van der Waals surface area contributed by atoms with E-state index < -0.39 is 10.0 Å². The van der Waals surface area contributed by atoms with Gasteiger partial charge in [-0.05, 0) is 13.0 Å². The smallest absolute Gasteiger partial charge is 0.242 e. The molecule has 2 aromatic heterocycles. The quantitative estimate of drug-likeness (QED) is 0.757. The molecule has 0 aliphatic rings. The zero-order valence-corrected chi connectivity index (χ0v) is 15.4. The van der Waals surface area contributed by atoms with E-state index in [-0.39, 0.29) is 0 Å². The number of aromatic nitrogens is 2. The highest BCUT2D eigenvalue weighted by Gasteiger charge is 2.22. The van der Waals surface area contributed by atoms with Crippen molar-refractivity contribution in [3.8, 4) is 22.0 Å². The molecule has 0 saturated heterocycles. The maximum atomic E-state index is 12.3. The minimum Gasteiger partial charge on any atom is -0.345 e. The Kier molecular flexibility index (Phi) is 4.58. The highest BCUT2D eigenvalue weighted by molar-refractivity contribution is 7.89. The summed E-state index contributed by atoms with van der Waals surface area (Å²) in [6.45, 7) is 3.94. The van der Waals surface area contributed by atoms with Crippen LogP contribution in [-0.4, -0.2) is 24.5 Å². The van der Waals surface area contributed by atoms with Crippen LogP contribution in [-0.2, 0) is 17.1 Å². The van der Waals surface area contributed by atoms with Gasteiger partial charge in [0.2, 0.25) is 10.0 Å². The summed E-state index contributed by atoms with van der Waals surface area (Å²) in [5.41, 5.74) is 3.44. The number of thiazole rings is 1. The Labute approximate surface area is 146 Å². The number of sulfonamides is 1. The average molecular weight is 361 g/mol. The first-order valence-corrected chi connectivity index (χ1v) is 9.97. The minimum atomic E-state index is -3.49. The van der Waals surface area contributed by atoms with Gasteiger partial charge in [-0.15, -0.1) is 11.3 Å². The van der Waals surface area contributed by atoms with Crippen LogP contribution in [0.15, 0.2) is 46.7 Å². The lowest BCUT2D eigenvalue weighted by Crippen LogP contribution is -2.23. The van der Waals surface area contributed by atoms with Gasteiger partial charge in [0.15, 0.2) is 0 Å². The molecular formula is C17H19N3O2S2. The molecule has 0 saturated carbocycles. The molecule has 24 heavy (non-hydrogen) atoms. The van der Waals surface area contributed by atoms with Crippen molar-refractivity contribution >= 4 is 21.4 Å². The fourth-order valence-electron chi connectivity index (χ4n) is 2.55. The maximum absolute atomic E-state index is 12.3. The first kappa shape index (κ1) is 16.9. The molecule has 0 unspecified atom stereocenters. The van der Waals surface area contributed by atoms with Crippen molar-refractivity contribution in [1.29, 1.82) is 0 Å². The number of benzene rings is 1. The number of hydrogen-bond acceptors (Lipinski definition) is 4. The van der Waals surface area contributed by atoms with Crippen molar-refractivity contribution < 1.29 is 8.42 Å². The third kappa shape index (κ3) is 3.02. The van der Waals surface area contributed by atoms with Gasteiger partial charge in [0.1, 0.15) is 9.90 Å². The van der Waals surface area contributed by atoms with E-state index in [1.807, 2.05) is 47.3 Å². The summed E-state index contributed by atoms with van der Waals surface area (Å²) in [6, 6.07) is 11.6. The Morgan fingerprint density at radius 1 is 1.25 bits per heavy atom. The summed E-state index contributed by atoms with van der Waals surface area (Å²) in [4.78, 5) is 4.98. The standard InChI is InChI=1S/C17H19N3O2S2/c1-4-18-24(21,22)16-10-15(20(3)12(16)2)17-19-14(11-23-17)13-8-6-5-7-9-13/h5-11,18H,4H2,1-3H3. The van der Waals surface area contributed by atoms with Gasteiger partial charge in [-0.1, -0.05) is 37.3 Å². The molecule has 0 aliphatic carbocycles. The van der Waals surface area contributed by atoms with E-state index in [1.54, 1.807) is 19.9 Å². The van der Waals surface area contributed by atoms with Crippen LogP contribution in [0.3, 0.4) is 0 Å². The molecule has 0 aliphatic heterocycles. The van der Waals surface area contributed by atoms with E-state index in [4.69, 9.17) is 0 Å². The maximum Gasteiger partial charge on any atom is 0.242 e. The zero-order chi connectivity index (χ0) is 17.3. The molecule has 1 aromatic carbocycles. The Balaban J connectivity index is 2.04. The van der Waals surface area contributed by atoms with Crippen molar-refractivity contribution in [3.05, 3.63) is 47.5 Å². The monoisotopic (exact) mass is 361 g/mol. The minimum absolute atomic E-state index is 0.304. The predicted octanol–water partition coefficient (Wildman–Crippen LogP) is 3.42. The fourth-order valence-corrected chi connectivity index (χ4v) is 4.76. The van der Waals surface area contributed by atoms with E-state index in [2.05, 4.69) is 9.71 Å². The summed E-state index contributed by atoms with van der Waals surface area (Å²) >= 11 is 1.51. The topological polar surface area (TPSA) is 64.0 Å². The van der Waals surface area contributed by atoms with E-state index in [0.29, 0.717) is 17.1 Å². The molecule has 1 N–H and O–H groups in total. The first-order valence-electron chi connectivity index (χ1n) is 7.61. The Bertz CT molecular complexity index is 957. The van der Waals surface area contributed by atoms with Gasteiger partial charge in [0.25, 0.3) is 0 Å². The second kappa shape index (κ2) is 6.51.